The van der Waals surface area contributed by atoms with Gasteiger partial charge in [-0.05, 0) is 24.0 Å². The van der Waals surface area contributed by atoms with E-state index in [0.29, 0.717) is 0 Å². The molecule has 0 amide bonds. The Hall–Kier alpha value is -0.240. The SMILES string of the molecule is C=C(CBr)C1=COCCC1. The van der Waals surface area contributed by atoms with Gasteiger partial charge in [-0.15, -0.1) is 0 Å². The predicted octanol–water partition coefficient (Wildman–Crippen LogP) is 2.63. The molecule has 0 aromatic heterocycles. The van der Waals surface area contributed by atoms with E-state index in [1.54, 1.807) is 0 Å². The summed E-state index contributed by atoms with van der Waals surface area (Å²) in [6.45, 7) is 4.76. The summed E-state index contributed by atoms with van der Waals surface area (Å²) in [7, 11) is 0. The standard InChI is InChI=1S/C8H11BrO/c1-7(5-9)8-3-2-4-10-6-8/h6H,1-5H2. The van der Waals surface area contributed by atoms with Crippen LogP contribution in [0.2, 0.25) is 0 Å². The Morgan fingerprint density at radius 3 is 3.10 bits per heavy atom. The van der Waals surface area contributed by atoms with Crippen LogP contribution in [-0.2, 0) is 4.74 Å². The Bertz CT molecular complexity index is 161. The van der Waals surface area contributed by atoms with Crippen LogP contribution in [0.4, 0.5) is 0 Å². The van der Waals surface area contributed by atoms with E-state index in [0.717, 1.165) is 30.4 Å². The van der Waals surface area contributed by atoms with E-state index in [9.17, 15) is 0 Å². The van der Waals surface area contributed by atoms with Crippen LogP contribution in [0.1, 0.15) is 12.8 Å². The minimum absolute atomic E-state index is 0.849. The quantitative estimate of drug-likeness (QED) is 0.627. The fourth-order valence-electron chi connectivity index (χ4n) is 0.910. The van der Waals surface area contributed by atoms with Gasteiger partial charge in [0, 0.05) is 5.33 Å². The molecule has 0 aromatic rings. The summed E-state index contributed by atoms with van der Waals surface area (Å²) in [4.78, 5) is 0. The van der Waals surface area contributed by atoms with Crippen molar-refractivity contribution in [3.63, 3.8) is 0 Å². The molecule has 0 unspecified atom stereocenters. The van der Waals surface area contributed by atoms with Crippen LogP contribution in [0, 0.1) is 0 Å². The third-order valence-electron chi connectivity index (χ3n) is 1.55. The highest BCUT2D eigenvalue weighted by Gasteiger charge is 2.05. The van der Waals surface area contributed by atoms with Crippen LogP contribution in [0.25, 0.3) is 0 Å². The topological polar surface area (TPSA) is 9.23 Å². The summed E-state index contributed by atoms with van der Waals surface area (Å²) in [6, 6.07) is 0. The molecular formula is C8H11BrO. The lowest BCUT2D eigenvalue weighted by molar-refractivity contribution is 0.226. The molecule has 0 aliphatic carbocycles. The largest absolute Gasteiger partial charge is 0.501 e. The van der Waals surface area contributed by atoms with Gasteiger partial charge in [-0.1, -0.05) is 22.5 Å². The summed E-state index contributed by atoms with van der Waals surface area (Å²) in [5, 5.41) is 0.849. The molecule has 1 aliphatic rings. The summed E-state index contributed by atoms with van der Waals surface area (Å²) in [5.41, 5.74) is 2.39. The molecule has 0 N–H and O–H groups in total. The Balaban J connectivity index is 2.53. The van der Waals surface area contributed by atoms with Crippen molar-refractivity contribution in [2.45, 2.75) is 12.8 Å². The van der Waals surface area contributed by atoms with Crippen molar-refractivity contribution >= 4 is 15.9 Å². The van der Waals surface area contributed by atoms with Crippen molar-refractivity contribution in [3.8, 4) is 0 Å². The second-order valence-electron chi connectivity index (χ2n) is 2.35. The lowest BCUT2D eigenvalue weighted by Crippen LogP contribution is -2.01. The number of hydrogen-bond acceptors (Lipinski definition) is 1. The Morgan fingerprint density at radius 1 is 1.80 bits per heavy atom. The lowest BCUT2D eigenvalue weighted by Gasteiger charge is -2.13. The van der Waals surface area contributed by atoms with Gasteiger partial charge in [0.2, 0.25) is 0 Å². The Morgan fingerprint density at radius 2 is 2.60 bits per heavy atom. The summed E-state index contributed by atoms with van der Waals surface area (Å²) < 4.78 is 5.16. The molecule has 1 aliphatic heterocycles. The highest BCUT2D eigenvalue weighted by atomic mass is 79.9. The predicted molar refractivity (Wildman–Crippen MR) is 46.2 cm³/mol. The zero-order chi connectivity index (χ0) is 7.40. The second-order valence-corrected chi connectivity index (χ2v) is 2.92. The van der Waals surface area contributed by atoms with Crippen LogP contribution >= 0.6 is 15.9 Å². The highest BCUT2D eigenvalue weighted by Crippen LogP contribution is 2.19. The first-order valence-corrected chi connectivity index (χ1v) is 4.51. The first-order valence-electron chi connectivity index (χ1n) is 3.39. The van der Waals surface area contributed by atoms with Crippen LogP contribution in [0.15, 0.2) is 24.0 Å². The number of hydrogen-bond donors (Lipinski definition) is 0. The molecule has 0 bridgehead atoms. The molecule has 56 valence electrons. The molecule has 0 aromatic carbocycles. The zero-order valence-electron chi connectivity index (χ0n) is 5.90. The van der Waals surface area contributed by atoms with E-state index < -0.39 is 0 Å². The monoisotopic (exact) mass is 202 g/mol. The molecule has 0 atom stereocenters. The van der Waals surface area contributed by atoms with E-state index >= 15 is 0 Å². The maximum atomic E-state index is 5.16. The van der Waals surface area contributed by atoms with Crippen LogP contribution in [0.3, 0.4) is 0 Å². The van der Waals surface area contributed by atoms with Crippen molar-refractivity contribution in [2.75, 3.05) is 11.9 Å². The maximum absolute atomic E-state index is 5.16. The molecule has 0 radical (unpaired) electrons. The van der Waals surface area contributed by atoms with Gasteiger partial charge in [0.05, 0.1) is 12.9 Å². The fraction of sp³-hybridized carbons (Fsp3) is 0.500. The molecule has 2 heteroatoms. The molecule has 0 saturated heterocycles. The van der Waals surface area contributed by atoms with Crippen LogP contribution in [0.5, 0.6) is 0 Å². The molecular weight excluding hydrogens is 192 g/mol. The van der Waals surface area contributed by atoms with Crippen molar-refractivity contribution in [1.29, 1.82) is 0 Å². The van der Waals surface area contributed by atoms with E-state index in [4.69, 9.17) is 4.74 Å². The van der Waals surface area contributed by atoms with Crippen molar-refractivity contribution in [3.05, 3.63) is 24.0 Å². The summed E-state index contributed by atoms with van der Waals surface area (Å²) in [6.07, 6.45) is 4.06. The van der Waals surface area contributed by atoms with E-state index in [1.807, 2.05) is 6.26 Å². The number of ether oxygens (including phenoxy) is 1. The van der Waals surface area contributed by atoms with Gasteiger partial charge in [-0.3, -0.25) is 0 Å². The van der Waals surface area contributed by atoms with E-state index in [1.165, 1.54) is 5.57 Å². The third kappa shape index (κ3) is 1.87. The minimum Gasteiger partial charge on any atom is -0.501 e. The van der Waals surface area contributed by atoms with Crippen LogP contribution in [-0.4, -0.2) is 11.9 Å². The van der Waals surface area contributed by atoms with Gasteiger partial charge >= 0.3 is 0 Å². The van der Waals surface area contributed by atoms with Crippen molar-refractivity contribution in [1.82, 2.24) is 0 Å². The Kier molecular flexibility index (Phi) is 3.00. The van der Waals surface area contributed by atoms with Crippen molar-refractivity contribution in [2.24, 2.45) is 0 Å². The molecule has 1 nitrogen and oxygen atoms in total. The summed E-state index contributed by atoms with van der Waals surface area (Å²) in [5.74, 6) is 0. The van der Waals surface area contributed by atoms with Gasteiger partial charge in [0.15, 0.2) is 0 Å². The lowest BCUT2D eigenvalue weighted by atomic mass is 10.0. The number of rotatable bonds is 2. The molecule has 10 heavy (non-hydrogen) atoms. The number of alkyl halides is 1. The molecule has 1 rings (SSSR count). The number of halogens is 1. The maximum Gasteiger partial charge on any atom is 0.0876 e. The van der Waals surface area contributed by atoms with E-state index in [2.05, 4.69) is 22.5 Å². The van der Waals surface area contributed by atoms with Gasteiger partial charge in [-0.25, -0.2) is 0 Å². The van der Waals surface area contributed by atoms with Crippen molar-refractivity contribution < 1.29 is 4.74 Å². The van der Waals surface area contributed by atoms with Gasteiger partial charge in [0.25, 0.3) is 0 Å². The molecule has 0 fully saturated rings. The average molecular weight is 203 g/mol. The van der Waals surface area contributed by atoms with E-state index in [-0.39, 0.29) is 0 Å². The average Bonchev–Trinajstić information content (AvgIpc) is 2.05. The first kappa shape index (κ1) is 7.86. The van der Waals surface area contributed by atoms with Gasteiger partial charge < -0.3 is 4.74 Å². The second kappa shape index (κ2) is 3.81. The fourth-order valence-corrected chi connectivity index (χ4v) is 1.27. The molecule has 1 heterocycles. The number of allylic oxidation sites excluding steroid dienone is 2. The third-order valence-corrected chi connectivity index (χ3v) is 2.23. The first-order chi connectivity index (χ1) is 4.84. The van der Waals surface area contributed by atoms with Gasteiger partial charge in [0.1, 0.15) is 0 Å². The minimum atomic E-state index is 0.849. The zero-order valence-corrected chi connectivity index (χ0v) is 7.49. The smallest absolute Gasteiger partial charge is 0.0876 e. The normalized spacial score (nSPS) is 17.5. The van der Waals surface area contributed by atoms with Crippen LogP contribution < -0.4 is 0 Å². The molecule has 0 spiro atoms. The summed E-state index contributed by atoms with van der Waals surface area (Å²) >= 11 is 3.35. The Labute approximate surface area is 69.9 Å². The highest BCUT2D eigenvalue weighted by molar-refractivity contribution is 9.09. The van der Waals surface area contributed by atoms with Gasteiger partial charge in [-0.2, -0.15) is 0 Å². The molecule has 0 saturated carbocycles.